The molecule has 1 aliphatic carbocycles. The van der Waals surface area contributed by atoms with Crippen LogP contribution in [0.2, 0.25) is 0 Å². The van der Waals surface area contributed by atoms with Crippen LogP contribution in [0.15, 0.2) is 48.5 Å². The van der Waals surface area contributed by atoms with Crippen LogP contribution < -0.4 is 11.1 Å². The van der Waals surface area contributed by atoms with Crippen LogP contribution in [0.3, 0.4) is 0 Å². The highest BCUT2D eigenvalue weighted by atomic mass is 16.2. The molecular weight excluding hydrogens is 264 g/mol. The van der Waals surface area contributed by atoms with Crippen molar-refractivity contribution in [3.63, 3.8) is 0 Å². The highest BCUT2D eigenvalue weighted by Crippen LogP contribution is 2.22. The number of carbonyl (C=O) groups excluding carboxylic acids is 2. The van der Waals surface area contributed by atoms with Gasteiger partial charge in [0, 0.05) is 17.2 Å². The Morgan fingerprint density at radius 1 is 0.952 bits per heavy atom. The lowest BCUT2D eigenvalue weighted by atomic mass is 10.0. The zero-order valence-corrected chi connectivity index (χ0v) is 11.5. The quantitative estimate of drug-likeness (QED) is 0.902. The maximum absolute atomic E-state index is 11.9. The van der Waals surface area contributed by atoms with E-state index in [9.17, 15) is 9.59 Å². The molecule has 0 atom stereocenters. The van der Waals surface area contributed by atoms with Crippen LogP contribution in [0.5, 0.6) is 0 Å². The van der Waals surface area contributed by atoms with Gasteiger partial charge in [-0.2, -0.15) is 0 Å². The second-order valence-electron chi connectivity index (χ2n) is 5.27. The van der Waals surface area contributed by atoms with Crippen molar-refractivity contribution < 1.29 is 9.59 Å². The van der Waals surface area contributed by atoms with Gasteiger partial charge in [-0.1, -0.05) is 24.3 Å². The molecule has 0 bridgehead atoms. The van der Waals surface area contributed by atoms with Gasteiger partial charge in [0.15, 0.2) is 0 Å². The van der Waals surface area contributed by atoms with E-state index in [4.69, 9.17) is 5.73 Å². The summed E-state index contributed by atoms with van der Waals surface area (Å²) < 4.78 is 0. The smallest absolute Gasteiger partial charge is 0.251 e. The van der Waals surface area contributed by atoms with E-state index < -0.39 is 5.91 Å². The van der Waals surface area contributed by atoms with Gasteiger partial charge in [-0.15, -0.1) is 0 Å². The molecule has 1 fully saturated rings. The van der Waals surface area contributed by atoms with Crippen molar-refractivity contribution in [3.8, 4) is 11.1 Å². The lowest BCUT2D eigenvalue weighted by molar-refractivity contribution is 0.0949. The number of hydrogen-bond acceptors (Lipinski definition) is 2. The van der Waals surface area contributed by atoms with Gasteiger partial charge in [-0.05, 0) is 48.2 Å². The molecule has 0 spiro atoms. The summed E-state index contributed by atoms with van der Waals surface area (Å²) in [5.41, 5.74) is 8.26. The predicted octanol–water partition coefficient (Wildman–Crippen LogP) is 2.34. The van der Waals surface area contributed by atoms with Gasteiger partial charge in [0.2, 0.25) is 5.91 Å². The summed E-state index contributed by atoms with van der Waals surface area (Å²) in [4.78, 5) is 23.1. The van der Waals surface area contributed by atoms with E-state index in [1.54, 1.807) is 30.3 Å². The van der Waals surface area contributed by atoms with Gasteiger partial charge in [-0.3, -0.25) is 9.59 Å². The minimum atomic E-state index is -0.447. The normalized spacial score (nSPS) is 13.7. The summed E-state index contributed by atoms with van der Waals surface area (Å²) in [5, 5.41) is 2.95. The molecule has 3 N–H and O–H groups in total. The number of nitrogens with two attached hydrogens (primary N) is 1. The number of benzene rings is 2. The molecule has 2 aromatic carbocycles. The predicted molar refractivity (Wildman–Crippen MR) is 80.9 cm³/mol. The second kappa shape index (κ2) is 5.40. The molecule has 21 heavy (non-hydrogen) atoms. The van der Waals surface area contributed by atoms with E-state index in [2.05, 4.69) is 5.32 Å². The monoisotopic (exact) mass is 280 g/mol. The number of primary amides is 1. The molecule has 0 radical (unpaired) electrons. The van der Waals surface area contributed by atoms with Crippen molar-refractivity contribution in [3.05, 3.63) is 59.7 Å². The topological polar surface area (TPSA) is 72.2 Å². The molecule has 0 unspecified atom stereocenters. The molecule has 2 aromatic rings. The van der Waals surface area contributed by atoms with Gasteiger partial charge in [0.1, 0.15) is 0 Å². The van der Waals surface area contributed by atoms with Crippen molar-refractivity contribution in [2.24, 2.45) is 5.73 Å². The summed E-state index contributed by atoms with van der Waals surface area (Å²) in [6.07, 6.45) is 2.15. The molecule has 1 saturated carbocycles. The van der Waals surface area contributed by atoms with Gasteiger partial charge in [0.05, 0.1) is 0 Å². The molecule has 0 saturated heterocycles. The lowest BCUT2D eigenvalue weighted by Gasteiger charge is -2.06. The maximum atomic E-state index is 11.9. The standard InChI is InChI=1S/C17H16N2O2/c18-16(20)14-3-1-2-13(10-14)11-4-6-12(7-5-11)17(21)19-15-8-9-15/h1-7,10,15H,8-9H2,(H2,18,20)(H,19,21). The molecule has 4 heteroatoms. The van der Waals surface area contributed by atoms with E-state index in [-0.39, 0.29) is 5.91 Å². The van der Waals surface area contributed by atoms with Crippen molar-refractivity contribution in [2.75, 3.05) is 0 Å². The van der Waals surface area contributed by atoms with Crippen LogP contribution in [0.4, 0.5) is 0 Å². The summed E-state index contributed by atoms with van der Waals surface area (Å²) in [7, 11) is 0. The zero-order chi connectivity index (χ0) is 14.8. The summed E-state index contributed by atoms with van der Waals surface area (Å²) in [5.74, 6) is -0.479. The largest absolute Gasteiger partial charge is 0.366 e. The molecule has 0 aliphatic heterocycles. The van der Waals surface area contributed by atoms with E-state index in [0.29, 0.717) is 17.2 Å². The molecule has 3 rings (SSSR count). The Morgan fingerprint density at radius 2 is 1.67 bits per heavy atom. The van der Waals surface area contributed by atoms with Gasteiger partial charge < -0.3 is 11.1 Å². The Labute approximate surface area is 123 Å². The molecule has 2 amide bonds. The summed E-state index contributed by atoms with van der Waals surface area (Å²) in [6.45, 7) is 0. The second-order valence-corrected chi connectivity index (χ2v) is 5.27. The minimum Gasteiger partial charge on any atom is -0.366 e. The molecule has 1 aliphatic rings. The van der Waals surface area contributed by atoms with E-state index in [1.807, 2.05) is 18.2 Å². The molecule has 0 heterocycles. The lowest BCUT2D eigenvalue weighted by Crippen LogP contribution is -2.25. The van der Waals surface area contributed by atoms with Crippen molar-refractivity contribution >= 4 is 11.8 Å². The first-order chi connectivity index (χ1) is 10.1. The minimum absolute atomic E-state index is 0.0325. The number of hydrogen-bond donors (Lipinski definition) is 2. The molecular formula is C17H16N2O2. The van der Waals surface area contributed by atoms with Gasteiger partial charge in [0.25, 0.3) is 5.91 Å². The van der Waals surface area contributed by atoms with Crippen LogP contribution >= 0.6 is 0 Å². The fourth-order valence-corrected chi connectivity index (χ4v) is 2.16. The van der Waals surface area contributed by atoms with E-state index in [1.165, 1.54) is 0 Å². The highest BCUT2D eigenvalue weighted by Gasteiger charge is 2.23. The molecule has 4 nitrogen and oxygen atoms in total. The first kappa shape index (κ1) is 13.4. The number of rotatable bonds is 4. The third-order valence-corrected chi connectivity index (χ3v) is 3.54. The van der Waals surface area contributed by atoms with Gasteiger partial charge >= 0.3 is 0 Å². The van der Waals surface area contributed by atoms with E-state index in [0.717, 1.165) is 24.0 Å². The van der Waals surface area contributed by atoms with Crippen molar-refractivity contribution in [2.45, 2.75) is 18.9 Å². The Bertz CT molecular complexity index is 688. The zero-order valence-electron chi connectivity index (χ0n) is 11.5. The van der Waals surface area contributed by atoms with Crippen LogP contribution in [0.25, 0.3) is 11.1 Å². The highest BCUT2D eigenvalue weighted by molar-refractivity contribution is 5.96. The fraction of sp³-hybridized carbons (Fsp3) is 0.176. The van der Waals surface area contributed by atoms with Crippen LogP contribution in [-0.4, -0.2) is 17.9 Å². The molecule has 0 aromatic heterocycles. The Hall–Kier alpha value is -2.62. The summed E-state index contributed by atoms with van der Waals surface area (Å²) in [6, 6.07) is 14.8. The maximum Gasteiger partial charge on any atom is 0.251 e. The Kier molecular flexibility index (Phi) is 3.44. The van der Waals surface area contributed by atoms with Crippen LogP contribution in [-0.2, 0) is 0 Å². The number of nitrogens with one attached hydrogen (secondary N) is 1. The van der Waals surface area contributed by atoms with Crippen molar-refractivity contribution in [1.29, 1.82) is 0 Å². The first-order valence-corrected chi connectivity index (χ1v) is 6.94. The van der Waals surface area contributed by atoms with Crippen molar-refractivity contribution in [1.82, 2.24) is 5.32 Å². The number of carbonyl (C=O) groups is 2. The third-order valence-electron chi connectivity index (χ3n) is 3.54. The van der Waals surface area contributed by atoms with Gasteiger partial charge in [-0.25, -0.2) is 0 Å². The average Bonchev–Trinajstić information content (AvgIpc) is 3.31. The van der Waals surface area contributed by atoms with Crippen LogP contribution in [0, 0.1) is 0 Å². The third kappa shape index (κ3) is 3.11. The SMILES string of the molecule is NC(=O)c1cccc(-c2ccc(C(=O)NC3CC3)cc2)c1. The van der Waals surface area contributed by atoms with Crippen LogP contribution in [0.1, 0.15) is 33.6 Å². The molecule has 106 valence electrons. The Balaban J connectivity index is 1.81. The Morgan fingerprint density at radius 3 is 2.29 bits per heavy atom. The number of amides is 2. The summed E-state index contributed by atoms with van der Waals surface area (Å²) >= 11 is 0. The first-order valence-electron chi connectivity index (χ1n) is 6.94. The van der Waals surface area contributed by atoms with E-state index >= 15 is 0 Å². The fourth-order valence-electron chi connectivity index (χ4n) is 2.16. The average molecular weight is 280 g/mol.